The predicted molar refractivity (Wildman–Crippen MR) is 168 cm³/mol. The first-order chi connectivity index (χ1) is 19.1. The Morgan fingerprint density at radius 2 is 1.10 bits per heavy atom. The van der Waals surface area contributed by atoms with Crippen molar-refractivity contribution in [3.63, 3.8) is 0 Å². The Morgan fingerprint density at radius 3 is 1.85 bits per heavy atom. The van der Waals surface area contributed by atoms with Gasteiger partial charge in [0.15, 0.2) is 0 Å². The van der Waals surface area contributed by atoms with Crippen LogP contribution in [0.5, 0.6) is 0 Å². The summed E-state index contributed by atoms with van der Waals surface area (Å²) in [4.78, 5) is 0. The monoisotopic (exact) mass is 496 g/mol. The summed E-state index contributed by atoms with van der Waals surface area (Å²) < 4.78 is 0. The van der Waals surface area contributed by atoms with Crippen LogP contribution in [0.4, 0.5) is 0 Å². The summed E-state index contributed by atoms with van der Waals surface area (Å²) >= 11 is 0. The van der Waals surface area contributed by atoms with Crippen LogP contribution >= 0.6 is 0 Å². The number of benzene rings is 7. The molecule has 7 aromatic rings. The molecule has 0 atom stereocenters. The third-order valence-corrected chi connectivity index (χ3v) is 8.76. The Bertz CT molecular complexity index is 2100. The van der Waals surface area contributed by atoms with E-state index < -0.39 is 0 Å². The van der Waals surface area contributed by atoms with Crippen molar-refractivity contribution in [1.29, 1.82) is 0 Å². The molecule has 0 saturated carbocycles. The van der Waals surface area contributed by atoms with Gasteiger partial charge in [-0.25, -0.2) is 0 Å². The Hall–Kier alpha value is -4.68. The van der Waals surface area contributed by atoms with E-state index in [1.165, 1.54) is 93.5 Å². The second-order valence-corrected chi connectivity index (χ2v) is 11.0. The molecule has 0 spiro atoms. The van der Waals surface area contributed by atoms with E-state index in [0.717, 1.165) is 0 Å². The van der Waals surface area contributed by atoms with Crippen molar-refractivity contribution in [2.24, 2.45) is 0 Å². The molecule has 0 nitrogen and oxygen atoms in total. The molecular formula is C39H28. The van der Waals surface area contributed by atoms with Crippen LogP contribution in [0.15, 0.2) is 115 Å². The van der Waals surface area contributed by atoms with E-state index in [2.05, 4.69) is 136 Å². The Balaban J connectivity index is 1.65. The van der Waals surface area contributed by atoms with Crippen LogP contribution in [0.25, 0.3) is 76.8 Å². The summed E-state index contributed by atoms with van der Waals surface area (Å²) in [6.45, 7) is 6.75. The minimum absolute atomic E-state index is 1.27. The van der Waals surface area contributed by atoms with Gasteiger partial charge in [-0.3, -0.25) is 0 Å². The van der Waals surface area contributed by atoms with Gasteiger partial charge in [0, 0.05) is 0 Å². The van der Waals surface area contributed by atoms with Gasteiger partial charge in [-0.05, 0) is 115 Å². The summed E-state index contributed by atoms with van der Waals surface area (Å²) in [5.41, 5.74) is 14.6. The molecule has 0 fully saturated rings. The third kappa shape index (κ3) is 3.06. The van der Waals surface area contributed by atoms with Crippen LogP contribution in [0.3, 0.4) is 0 Å². The van der Waals surface area contributed by atoms with Gasteiger partial charge >= 0.3 is 0 Å². The van der Waals surface area contributed by atoms with E-state index in [1.54, 1.807) is 0 Å². The molecule has 0 unspecified atom stereocenters. The van der Waals surface area contributed by atoms with Gasteiger partial charge in [-0.15, -0.1) is 0 Å². The van der Waals surface area contributed by atoms with E-state index in [9.17, 15) is 0 Å². The highest BCUT2D eigenvalue weighted by molar-refractivity contribution is 6.28. The summed E-state index contributed by atoms with van der Waals surface area (Å²) in [7, 11) is 0. The highest BCUT2D eigenvalue weighted by atomic mass is 14.3. The standard InChI is InChI=1S/C39H28/c1-23-18-20-26(21-19-23)32-22-33-35(29-15-7-10-24(2)34(29)32)25(3)36-30-16-8-13-27-14-9-17-31(37(27)30)39(36)38(33)28-11-5-4-6-12-28/h4-22H,1-3H3. The van der Waals surface area contributed by atoms with Gasteiger partial charge in [0.1, 0.15) is 0 Å². The van der Waals surface area contributed by atoms with Crippen molar-refractivity contribution < 1.29 is 0 Å². The Kier molecular flexibility index (Phi) is 4.67. The van der Waals surface area contributed by atoms with E-state index in [0.29, 0.717) is 0 Å². The molecule has 0 amide bonds. The van der Waals surface area contributed by atoms with Crippen LogP contribution in [0.2, 0.25) is 0 Å². The summed E-state index contributed by atoms with van der Waals surface area (Å²) in [6.07, 6.45) is 0. The summed E-state index contributed by atoms with van der Waals surface area (Å²) in [6, 6.07) is 42.9. The Labute approximate surface area is 229 Å². The lowest BCUT2D eigenvalue weighted by Crippen LogP contribution is -1.96. The maximum atomic E-state index is 2.48. The van der Waals surface area contributed by atoms with Gasteiger partial charge in [-0.2, -0.15) is 0 Å². The minimum atomic E-state index is 1.27. The first-order valence-corrected chi connectivity index (χ1v) is 13.8. The number of hydrogen-bond acceptors (Lipinski definition) is 0. The first kappa shape index (κ1) is 22.3. The maximum Gasteiger partial charge on any atom is -0.00110 e. The second kappa shape index (κ2) is 8.16. The topological polar surface area (TPSA) is 0 Å². The summed E-state index contributed by atoms with van der Waals surface area (Å²) in [5, 5.41) is 8.07. The van der Waals surface area contributed by atoms with Crippen LogP contribution < -0.4 is 0 Å². The smallest absolute Gasteiger partial charge is 0.00110 e. The lowest BCUT2D eigenvalue weighted by Gasteiger charge is -2.22. The largest absolute Gasteiger partial charge is 0.0622 e. The molecule has 7 aromatic carbocycles. The van der Waals surface area contributed by atoms with E-state index >= 15 is 0 Å². The van der Waals surface area contributed by atoms with E-state index in [1.807, 2.05) is 0 Å². The molecule has 0 heterocycles. The van der Waals surface area contributed by atoms with Crippen molar-refractivity contribution in [3.05, 3.63) is 132 Å². The van der Waals surface area contributed by atoms with Gasteiger partial charge in [-0.1, -0.05) is 115 Å². The SMILES string of the molecule is Cc1ccc(-c2cc3c(-c4ccccc4)c4c(c(C)c3c3cccc(C)c23)-c2cccc3cccc-4c23)cc1. The molecule has 0 heteroatoms. The zero-order valence-electron chi connectivity index (χ0n) is 22.5. The van der Waals surface area contributed by atoms with E-state index in [4.69, 9.17) is 0 Å². The van der Waals surface area contributed by atoms with E-state index in [-0.39, 0.29) is 0 Å². The average Bonchev–Trinajstić information content (AvgIpc) is 3.30. The quantitative estimate of drug-likeness (QED) is 0.209. The molecule has 184 valence electrons. The van der Waals surface area contributed by atoms with Gasteiger partial charge in [0.25, 0.3) is 0 Å². The van der Waals surface area contributed by atoms with Crippen molar-refractivity contribution >= 4 is 32.3 Å². The number of aryl methyl sites for hydroxylation is 3. The lowest BCUT2D eigenvalue weighted by atomic mass is 9.81. The van der Waals surface area contributed by atoms with Crippen molar-refractivity contribution in [3.8, 4) is 44.5 Å². The zero-order valence-corrected chi connectivity index (χ0v) is 22.5. The number of hydrogen-bond donors (Lipinski definition) is 0. The highest BCUT2D eigenvalue weighted by Crippen LogP contribution is 2.56. The molecule has 39 heavy (non-hydrogen) atoms. The fourth-order valence-electron chi connectivity index (χ4n) is 7.07. The number of rotatable bonds is 2. The highest BCUT2D eigenvalue weighted by Gasteiger charge is 2.29. The molecule has 0 aliphatic heterocycles. The van der Waals surface area contributed by atoms with Crippen LogP contribution in [0, 0.1) is 20.8 Å². The van der Waals surface area contributed by atoms with Crippen LogP contribution in [-0.4, -0.2) is 0 Å². The van der Waals surface area contributed by atoms with Gasteiger partial charge in [0.05, 0.1) is 0 Å². The molecule has 1 aliphatic carbocycles. The molecule has 8 rings (SSSR count). The molecular weight excluding hydrogens is 468 g/mol. The molecule has 0 aromatic heterocycles. The summed E-state index contributed by atoms with van der Waals surface area (Å²) in [5.74, 6) is 0. The van der Waals surface area contributed by atoms with Crippen molar-refractivity contribution in [2.75, 3.05) is 0 Å². The fraction of sp³-hybridized carbons (Fsp3) is 0.0769. The normalized spacial score (nSPS) is 12.0. The molecule has 0 N–H and O–H groups in total. The van der Waals surface area contributed by atoms with Crippen LogP contribution in [-0.2, 0) is 0 Å². The molecule has 0 bridgehead atoms. The van der Waals surface area contributed by atoms with Crippen LogP contribution in [0.1, 0.15) is 16.7 Å². The molecule has 0 radical (unpaired) electrons. The molecule has 0 saturated heterocycles. The van der Waals surface area contributed by atoms with Crippen molar-refractivity contribution in [2.45, 2.75) is 20.8 Å². The van der Waals surface area contributed by atoms with Gasteiger partial charge < -0.3 is 0 Å². The lowest BCUT2D eigenvalue weighted by molar-refractivity contribution is 1.47. The Morgan fingerprint density at radius 1 is 0.410 bits per heavy atom. The third-order valence-electron chi connectivity index (χ3n) is 8.76. The maximum absolute atomic E-state index is 2.48. The first-order valence-electron chi connectivity index (χ1n) is 13.8. The molecule has 1 aliphatic rings. The fourth-order valence-corrected chi connectivity index (χ4v) is 7.07. The predicted octanol–water partition coefficient (Wildman–Crippen LogP) is 11.1. The zero-order chi connectivity index (χ0) is 26.2. The number of fused-ring (bicyclic) bond motifs is 6. The van der Waals surface area contributed by atoms with Gasteiger partial charge in [0.2, 0.25) is 0 Å². The average molecular weight is 497 g/mol. The van der Waals surface area contributed by atoms with Crippen molar-refractivity contribution in [1.82, 2.24) is 0 Å². The minimum Gasteiger partial charge on any atom is -0.0622 e. The second-order valence-electron chi connectivity index (χ2n) is 11.0.